The van der Waals surface area contributed by atoms with Crippen LogP contribution in [0, 0.1) is 0 Å². The molecule has 0 saturated heterocycles. The van der Waals surface area contributed by atoms with Gasteiger partial charge in [-0.25, -0.2) is 0 Å². The van der Waals surface area contributed by atoms with Gasteiger partial charge in [0.15, 0.2) is 0 Å². The first-order valence-corrected chi connectivity index (χ1v) is 24.5. The lowest BCUT2D eigenvalue weighted by Gasteiger charge is -2.32. The third kappa shape index (κ3) is 7.61. The van der Waals surface area contributed by atoms with E-state index in [1.807, 2.05) is 0 Å². The van der Waals surface area contributed by atoms with Crippen LogP contribution in [0.4, 0.5) is 0 Å². The minimum absolute atomic E-state index is 0.467. The van der Waals surface area contributed by atoms with Gasteiger partial charge in [-0.2, -0.15) is 0 Å². The molecule has 8 heteroatoms. The van der Waals surface area contributed by atoms with Gasteiger partial charge in [-0.1, -0.05) is 146 Å². The third-order valence-electron chi connectivity index (χ3n) is 14.9. The van der Waals surface area contributed by atoms with Crippen molar-refractivity contribution >= 4 is 43.1 Å². The molecule has 356 valence electrons. The predicted octanol–water partition coefficient (Wildman–Crippen LogP) is 12.3. The molecule has 0 aromatic heterocycles. The van der Waals surface area contributed by atoms with Crippen LogP contribution in [0.1, 0.15) is 22.3 Å². The Morgan fingerprint density at radius 3 is 0.971 bits per heavy atom. The first-order chi connectivity index (χ1) is 34.6. The maximum absolute atomic E-state index is 6.43. The van der Waals surface area contributed by atoms with Crippen LogP contribution in [0.2, 0.25) is 0 Å². The SMILES string of the molecule is COCCOCC1(COCCOC)c2ccccc2-c2c(-c3ccc4c5ccc(-c6cccc7c6-c6ccccc6C7(COCCOC)COCCOC)c6cccc(c7cccc3c74)c65)cccc21. The average molecular weight is 933 g/mol. The highest BCUT2D eigenvalue weighted by molar-refractivity contribution is 6.35. The molecule has 0 N–H and O–H groups in total. The Morgan fingerprint density at radius 2 is 0.586 bits per heavy atom. The molecule has 0 radical (unpaired) electrons. The standard InChI is InChI=1S/C62H60O8/c1-63-29-33-67-37-61(38-68-34-30-64-2)53-21-7-5-13-51(53)59-45(19-11-23-55(59)61)41-25-27-49-50-28-26-42(44-16-10-18-48(58(44)50)47-17-9-15-43(41)57(47)49)46-20-12-24-56-60(46)52-14-6-8-22-54(52)62(56,39-69-35-31-65-3)40-70-36-32-66-4/h5-28H,29-40H2,1-4H3. The fourth-order valence-corrected chi connectivity index (χ4v) is 11.9. The van der Waals surface area contributed by atoms with Gasteiger partial charge in [0.2, 0.25) is 0 Å². The molecule has 11 rings (SSSR count). The Kier molecular flexibility index (Phi) is 13.2. The van der Waals surface area contributed by atoms with E-state index < -0.39 is 10.8 Å². The molecular formula is C62H60O8. The Morgan fingerprint density at radius 1 is 0.271 bits per heavy atom. The van der Waals surface area contributed by atoms with Gasteiger partial charge >= 0.3 is 0 Å². The van der Waals surface area contributed by atoms with E-state index in [1.165, 1.54) is 110 Å². The quantitative estimate of drug-likeness (QED) is 0.0378. The summed E-state index contributed by atoms with van der Waals surface area (Å²) in [7, 11) is 6.84. The second-order valence-corrected chi connectivity index (χ2v) is 18.7. The molecule has 70 heavy (non-hydrogen) atoms. The van der Waals surface area contributed by atoms with E-state index in [0.29, 0.717) is 79.3 Å². The minimum Gasteiger partial charge on any atom is -0.382 e. The lowest BCUT2D eigenvalue weighted by atomic mass is 9.78. The lowest BCUT2D eigenvalue weighted by molar-refractivity contribution is 0.00530. The fourth-order valence-electron chi connectivity index (χ4n) is 11.9. The fraction of sp³-hybridized carbons (Fsp3) is 0.290. The number of benzene rings is 9. The summed E-state index contributed by atoms with van der Waals surface area (Å²) in [6.07, 6.45) is 0. The van der Waals surface area contributed by atoms with Crippen LogP contribution in [-0.4, -0.2) is 108 Å². The van der Waals surface area contributed by atoms with Crippen molar-refractivity contribution in [1.29, 1.82) is 0 Å². The van der Waals surface area contributed by atoms with E-state index in [4.69, 9.17) is 37.9 Å². The first kappa shape index (κ1) is 46.3. The van der Waals surface area contributed by atoms with Crippen LogP contribution < -0.4 is 0 Å². The zero-order valence-electron chi connectivity index (χ0n) is 40.6. The van der Waals surface area contributed by atoms with Crippen LogP contribution >= 0.6 is 0 Å². The van der Waals surface area contributed by atoms with Crippen molar-refractivity contribution in [2.75, 3.05) is 108 Å². The van der Waals surface area contributed by atoms with E-state index in [0.717, 1.165) is 0 Å². The molecule has 9 aromatic carbocycles. The van der Waals surface area contributed by atoms with Crippen LogP contribution in [-0.2, 0) is 48.7 Å². The number of ether oxygens (including phenoxy) is 8. The molecule has 0 spiro atoms. The molecule has 0 fully saturated rings. The van der Waals surface area contributed by atoms with Crippen molar-refractivity contribution in [2.45, 2.75) is 10.8 Å². The molecule has 2 aliphatic rings. The highest BCUT2D eigenvalue weighted by Crippen LogP contribution is 2.56. The molecule has 9 aromatic rings. The molecule has 0 aliphatic heterocycles. The predicted molar refractivity (Wildman–Crippen MR) is 282 cm³/mol. The molecule has 0 heterocycles. The monoisotopic (exact) mass is 932 g/mol. The minimum atomic E-state index is -0.514. The van der Waals surface area contributed by atoms with Crippen LogP contribution in [0.15, 0.2) is 146 Å². The summed E-state index contributed by atoms with van der Waals surface area (Å²) in [6.45, 7) is 5.95. The number of methoxy groups -OCH3 is 4. The van der Waals surface area contributed by atoms with E-state index in [1.54, 1.807) is 28.4 Å². The maximum Gasteiger partial charge on any atom is 0.0700 e. The molecule has 0 atom stereocenters. The lowest BCUT2D eigenvalue weighted by Crippen LogP contribution is -2.37. The van der Waals surface area contributed by atoms with E-state index >= 15 is 0 Å². The van der Waals surface area contributed by atoms with E-state index in [9.17, 15) is 0 Å². The highest BCUT2D eigenvalue weighted by atomic mass is 16.5. The molecule has 0 saturated carbocycles. The Bertz CT molecular complexity index is 3060. The van der Waals surface area contributed by atoms with E-state index in [-0.39, 0.29) is 0 Å². The van der Waals surface area contributed by atoms with Gasteiger partial charge in [-0.3, -0.25) is 0 Å². The smallest absolute Gasteiger partial charge is 0.0700 e. The Balaban J connectivity index is 1.07. The summed E-state index contributed by atoms with van der Waals surface area (Å²) in [6, 6.07) is 54.2. The van der Waals surface area contributed by atoms with Crippen molar-refractivity contribution in [3.63, 3.8) is 0 Å². The normalized spacial score (nSPS) is 14.2. The van der Waals surface area contributed by atoms with Crippen LogP contribution in [0.25, 0.3) is 87.6 Å². The van der Waals surface area contributed by atoms with E-state index in [2.05, 4.69) is 146 Å². The Hall–Kier alpha value is -6.04. The number of fused-ring (bicyclic) bond motifs is 8. The molecule has 0 unspecified atom stereocenters. The molecule has 0 amide bonds. The molecular weight excluding hydrogens is 873 g/mol. The number of rotatable bonds is 22. The van der Waals surface area contributed by atoms with Gasteiger partial charge in [0.1, 0.15) is 0 Å². The maximum atomic E-state index is 6.43. The topological polar surface area (TPSA) is 73.8 Å². The van der Waals surface area contributed by atoms with Crippen LogP contribution in [0.3, 0.4) is 0 Å². The first-order valence-electron chi connectivity index (χ1n) is 24.5. The summed E-state index contributed by atoms with van der Waals surface area (Å²) < 4.78 is 47.3. The number of hydrogen-bond donors (Lipinski definition) is 0. The van der Waals surface area contributed by atoms with Gasteiger partial charge < -0.3 is 37.9 Å². The summed E-state index contributed by atoms with van der Waals surface area (Å²) in [5, 5.41) is 9.98. The van der Waals surface area contributed by atoms with Crippen molar-refractivity contribution in [3.8, 4) is 44.5 Å². The van der Waals surface area contributed by atoms with Gasteiger partial charge in [0.05, 0.1) is 90.1 Å². The van der Waals surface area contributed by atoms with Gasteiger partial charge in [0, 0.05) is 28.4 Å². The van der Waals surface area contributed by atoms with Crippen molar-refractivity contribution in [3.05, 3.63) is 168 Å². The number of hydrogen-bond acceptors (Lipinski definition) is 8. The third-order valence-corrected chi connectivity index (χ3v) is 14.9. The zero-order valence-corrected chi connectivity index (χ0v) is 40.6. The summed E-state index contributed by atoms with van der Waals surface area (Å²) >= 11 is 0. The van der Waals surface area contributed by atoms with Gasteiger partial charge in [-0.05, 0) is 110 Å². The summed E-state index contributed by atoms with van der Waals surface area (Å²) in [5.41, 5.74) is 13.5. The van der Waals surface area contributed by atoms with Crippen molar-refractivity contribution < 1.29 is 37.9 Å². The summed E-state index contributed by atoms with van der Waals surface area (Å²) in [5.74, 6) is 0. The van der Waals surface area contributed by atoms with Crippen molar-refractivity contribution in [1.82, 2.24) is 0 Å². The second kappa shape index (κ2) is 20.0. The Labute approximate surface area is 410 Å². The zero-order chi connectivity index (χ0) is 47.7. The summed E-state index contributed by atoms with van der Waals surface area (Å²) in [4.78, 5) is 0. The van der Waals surface area contributed by atoms with Crippen LogP contribution in [0.5, 0.6) is 0 Å². The molecule has 0 bridgehead atoms. The molecule has 8 nitrogen and oxygen atoms in total. The van der Waals surface area contributed by atoms with Gasteiger partial charge in [0.25, 0.3) is 0 Å². The largest absolute Gasteiger partial charge is 0.382 e. The van der Waals surface area contributed by atoms with Crippen molar-refractivity contribution in [2.24, 2.45) is 0 Å². The van der Waals surface area contributed by atoms with Gasteiger partial charge in [-0.15, -0.1) is 0 Å². The average Bonchev–Trinajstić information content (AvgIpc) is 3.85. The highest BCUT2D eigenvalue weighted by Gasteiger charge is 2.46. The second-order valence-electron chi connectivity index (χ2n) is 18.7. The molecule has 2 aliphatic carbocycles.